The van der Waals surface area contributed by atoms with Crippen LogP contribution in [-0.2, 0) is 84.3 Å². The molecule has 105 heavy (non-hydrogen) atoms. The van der Waals surface area contributed by atoms with E-state index in [-0.39, 0.29) is 45.8 Å². The van der Waals surface area contributed by atoms with Crippen molar-refractivity contribution in [2.45, 2.75) is 294 Å². The average Bonchev–Trinajstić information content (AvgIpc) is 1.63. The predicted molar refractivity (Wildman–Crippen MR) is 360 cm³/mol. The number of nitrogens with two attached hydrogens (primary N) is 4. The molecule has 8 saturated heterocycles. The van der Waals surface area contributed by atoms with Crippen molar-refractivity contribution in [1.29, 1.82) is 0 Å². The summed E-state index contributed by atoms with van der Waals surface area (Å²) in [6.07, 6.45) is -21.9. The molecule has 11 aliphatic rings. The zero-order valence-corrected chi connectivity index (χ0v) is 58.1. The molecule has 1 spiro atoms. The number of carbonyl (C=O) groups is 3. The standard InChI is InChI=1S/C46H60N6O15.C21H41N5O11.CH4/c1-24-19-30-37(38-33(52(3)45(57)64-38)41(60-30)65-42-34(54)32(50-51-47)25(2)31(21-53)61-42)63-40(24)62-35-28(48-43(55)58-22-26-13-7-4-8-14-26)20-29(49-44(56)59-23-27-15-9-5-10-16-27)36-39(35)67-46(66-36)17-11-6-12-18-46;1-26-11-14(30)18-8(33-20(11)37-21-16(32)13(29)10(25)9(4-27)34-21)3-7(24)19(36-18)35-17-6(23)2-5(22)12(28)15(17)31;/h4-5,7-10,13-16,24-25,28-42,53-54H,6,11-12,17-23H2,1-3H3,(H,48,55)(H,49,56);5-21,26-32H,2-4,22-25H2,1H3;1H4/t24?,25-,28?,29-,30+,31?,32+,33?,34?,35-,36?,37?,38?,39+,40+,41?,42-;5-,6?,7?,8+,9?,10-,11?,12?,13+,14?,15-,16?,17-,18?,19+,20?,21-;/m11./s1. The van der Waals surface area contributed by atoms with Crippen LogP contribution >= 0.6 is 0 Å². The van der Waals surface area contributed by atoms with Crippen molar-refractivity contribution in [3.8, 4) is 0 Å². The zero-order valence-electron chi connectivity index (χ0n) is 58.1. The number of ether oxygens (including phenoxy) is 15. The average molecular weight is 1490 g/mol. The van der Waals surface area contributed by atoms with Gasteiger partial charge in [0.2, 0.25) is 0 Å². The number of alkyl carbamates (subject to hydrolysis) is 2. The van der Waals surface area contributed by atoms with E-state index in [2.05, 4.69) is 26.0 Å². The summed E-state index contributed by atoms with van der Waals surface area (Å²) in [5, 5.41) is 95.8. The van der Waals surface area contributed by atoms with Crippen molar-refractivity contribution in [3.63, 3.8) is 0 Å². The van der Waals surface area contributed by atoms with Gasteiger partial charge in [-0.15, -0.1) is 0 Å². The Kier molecular flexibility index (Phi) is 26.9. The maximum absolute atomic E-state index is 13.7. The topological polar surface area (TPSA) is 544 Å². The molecule has 3 saturated carbocycles. The molecule has 8 aliphatic heterocycles. The molecule has 37 heteroatoms. The molecular formula is C68H105N11O26. The van der Waals surface area contributed by atoms with Crippen molar-refractivity contribution in [2.75, 3.05) is 27.3 Å². The van der Waals surface area contributed by atoms with Gasteiger partial charge >= 0.3 is 18.3 Å². The third-order valence-corrected chi connectivity index (χ3v) is 22.0. The lowest BCUT2D eigenvalue weighted by atomic mass is 9.83. The fourth-order valence-electron chi connectivity index (χ4n) is 16.1. The van der Waals surface area contributed by atoms with Gasteiger partial charge in [-0.25, -0.2) is 14.4 Å². The maximum Gasteiger partial charge on any atom is 0.410 e. The number of hydrogen-bond donors (Lipinski definition) is 15. The minimum Gasteiger partial charge on any atom is -0.445 e. The summed E-state index contributed by atoms with van der Waals surface area (Å²) in [5.74, 6) is -1.84. The summed E-state index contributed by atoms with van der Waals surface area (Å²) in [4.78, 5) is 44.6. The van der Waals surface area contributed by atoms with Gasteiger partial charge < -0.3 is 151 Å². The lowest BCUT2D eigenvalue weighted by molar-refractivity contribution is -0.373. The molecule has 2 aromatic rings. The summed E-state index contributed by atoms with van der Waals surface area (Å²) >= 11 is 0. The summed E-state index contributed by atoms with van der Waals surface area (Å²) < 4.78 is 92.8. The number of aliphatic hydroxyl groups is 8. The summed E-state index contributed by atoms with van der Waals surface area (Å²) in [6.45, 7) is 2.74. The fraction of sp³-hybridized carbons (Fsp3) is 0.779. The van der Waals surface area contributed by atoms with Crippen molar-refractivity contribution in [3.05, 3.63) is 82.2 Å². The van der Waals surface area contributed by atoms with Crippen LogP contribution in [0, 0.1) is 11.8 Å². The Morgan fingerprint density at radius 1 is 0.600 bits per heavy atom. The highest BCUT2D eigenvalue weighted by Crippen LogP contribution is 2.48. The van der Waals surface area contributed by atoms with E-state index >= 15 is 0 Å². The molecule has 588 valence electrons. The van der Waals surface area contributed by atoms with Crippen LogP contribution in [0.4, 0.5) is 14.4 Å². The van der Waals surface area contributed by atoms with E-state index in [9.17, 15) is 60.8 Å². The van der Waals surface area contributed by atoms with Crippen LogP contribution in [-0.4, -0.2) is 293 Å². The van der Waals surface area contributed by atoms with E-state index in [1.165, 1.54) is 11.9 Å². The molecule has 2 aromatic carbocycles. The number of amides is 3. The lowest BCUT2D eigenvalue weighted by Crippen LogP contribution is -2.70. The molecule has 3 aliphatic carbocycles. The number of aliphatic hydroxyl groups excluding tert-OH is 8. The first-order valence-corrected chi connectivity index (χ1v) is 35.7. The number of carbonyl (C=O) groups excluding carboxylic acids is 3. The Hall–Kier alpha value is -5.44. The number of likely N-dealkylation sites (N-methyl/N-ethyl adjacent to an activating group) is 2. The van der Waals surface area contributed by atoms with Gasteiger partial charge in [-0.1, -0.05) is 93.5 Å². The molecule has 8 heterocycles. The van der Waals surface area contributed by atoms with Crippen LogP contribution in [0.15, 0.2) is 65.8 Å². The quantitative estimate of drug-likeness (QED) is 0.0339. The Balaban J connectivity index is 0.000000246. The van der Waals surface area contributed by atoms with E-state index in [1.54, 1.807) is 14.0 Å². The third kappa shape index (κ3) is 17.4. The van der Waals surface area contributed by atoms with E-state index in [1.807, 2.05) is 67.6 Å². The number of azide groups is 1. The normalized spacial score (nSPS) is 44.0. The fourth-order valence-corrected chi connectivity index (χ4v) is 16.1. The molecule has 19 N–H and O–H groups in total. The minimum absolute atomic E-state index is 0. The highest BCUT2D eigenvalue weighted by Gasteiger charge is 2.64. The molecule has 0 bridgehead atoms. The van der Waals surface area contributed by atoms with Crippen LogP contribution in [0.1, 0.15) is 90.2 Å². The van der Waals surface area contributed by atoms with Crippen molar-refractivity contribution in [2.24, 2.45) is 39.9 Å². The van der Waals surface area contributed by atoms with Gasteiger partial charge in [0.25, 0.3) is 0 Å². The van der Waals surface area contributed by atoms with Crippen LogP contribution in [0.5, 0.6) is 0 Å². The first kappa shape index (κ1) is 80.6. The third-order valence-electron chi connectivity index (χ3n) is 22.0. The van der Waals surface area contributed by atoms with Gasteiger partial charge in [0.1, 0.15) is 92.5 Å². The number of rotatable bonds is 18. The lowest BCUT2D eigenvalue weighted by Gasteiger charge is -2.51. The first-order valence-electron chi connectivity index (χ1n) is 35.7. The molecule has 34 atom stereocenters. The van der Waals surface area contributed by atoms with E-state index in [0.717, 1.165) is 30.4 Å². The highest BCUT2D eigenvalue weighted by atomic mass is 16.8. The van der Waals surface area contributed by atoms with E-state index in [4.69, 9.17) is 94.0 Å². The Morgan fingerprint density at radius 2 is 1.18 bits per heavy atom. The summed E-state index contributed by atoms with van der Waals surface area (Å²) in [7, 11) is 3.08. The minimum atomic E-state index is -1.54. The maximum atomic E-state index is 13.7. The van der Waals surface area contributed by atoms with Gasteiger partial charge in [0, 0.05) is 42.8 Å². The van der Waals surface area contributed by atoms with Gasteiger partial charge in [-0.05, 0) is 68.1 Å². The molecular weight excluding hydrogens is 1390 g/mol. The number of benzene rings is 2. The van der Waals surface area contributed by atoms with Crippen LogP contribution in [0.2, 0.25) is 0 Å². The van der Waals surface area contributed by atoms with Crippen molar-refractivity contribution >= 4 is 18.3 Å². The Bertz CT molecular complexity index is 3200. The molecule has 37 nitrogen and oxygen atoms in total. The summed E-state index contributed by atoms with van der Waals surface area (Å²) in [6, 6.07) is 11.2. The second-order valence-corrected chi connectivity index (χ2v) is 29.0. The van der Waals surface area contributed by atoms with Gasteiger partial charge in [0.05, 0.1) is 73.9 Å². The summed E-state index contributed by atoms with van der Waals surface area (Å²) in [5.41, 5.74) is 34.8. The highest BCUT2D eigenvalue weighted by molar-refractivity contribution is 5.71. The van der Waals surface area contributed by atoms with Gasteiger partial charge in [0.15, 0.2) is 49.6 Å². The monoisotopic (exact) mass is 1490 g/mol. The van der Waals surface area contributed by atoms with Crippen LogP contribution in [0.3, 0.4) is 0 Å². The molecule has 18 unspecified atom stereocenters. The molecule has 3 amide bonds. The van der Waals surface area contributed by atoms with E-state index < -0.39 is 239 Å². The first-order chi connectivity index (χ1) is 49.9. The Labute approximate surface area is 606 Å². The van der Waals surface area contributed by atoms with Gasteiger partial charge in [-0.3, -0.25) is 4.90 Å². The van der Waals surface area contributed by atoms with E-state index in [0.29, 0.717) is 19.3 Å². The number of nitrogens with one attached hydrogen (secondary N) is 3. The second-order valence-electron chi connectivity index (χ2n) is 29.0. The number of hydrogen-bond acceptors (Lipinski definition) is 32. The Morgan fingerprint density at radius 3 is 1.82 bits per heavy atom. The largest absolute Gasteiger partial charge is 0.445 e. The second kappa shape index (κ2) is 35.1. The van der Waals surface area contributed by atoms with Crippen molar-refractivity contribution in [1.82, 2.24) is 20.9 Å². The van der Waals surface area contributed by atoms with Gasteiger partial charge in [-0.2, -0.15) is 0 Å². The zero-order chi connectivity index (χ0) is 74.0. The van der Waals surface area contributed by atoms with Crippen molar-refractivity contribution < 1.29 is 126 Å². The molecule has 13 rings (SSSR count). The molecule has 11 fully saturated rings. The van der Waals surface area contributed by atoms with Crippen LogP contribution < -0.4 is 38.9 Å². The molecule has 0 radical (unpaired) electrons. The SMILES string of the molecule is C.CC1C[C@@H]2OC(O[C@H]3OC(CO)[C@@H](C)[C@H](N=[N+]=[N-])C3O)C3C(OC(=O)N3C)C2O[C@@H]1O[C@@H]1C(NC(=O)OCc2ccccc2)C[C@@H](NC(=O)OCc2ccccc2)C2OC3(CCCCC3)O[C@H]21.CNC1C(O[C@H]2OC(CO)[C@@H](N)[C@H](O)C2O)O[C@H]2CC(N)[C@@H](O[C@@H]3C(N)C[C@@H](N)C(O)[C@H]3O)OC2C1O. The smallest absolute Gasteiger partial charge is 0.410 e. The number of nitrogens with zero attached hydrogens (tertiary/aromatic N) is 4. The van der Waals surface area contributed by atoms with Crippen LogP contribution in [0.25, 0.3) is 10.4 Å². The number of fused-ring (bicyclic) bond motifs is 5. The predicted octanol–water partition coefficient (Wildman–Crippen LogP) is -1.80. The molecule has 0 aromatic heterocycles.